The van der Waals surface area contributed by atoms with Gasteiger partial charge in [-0.15, -0.1) is 0 Å². The van der Waals surface area contributed by atoms with Gasteiger partial charge in [-0.25, -0.2) is 0 Å². The monoisotopic (exact) mass is 362 g/mol. The number of piperidine rings is 1. The van der Waals surface area contributed by atoms with Crippen molar-refractivity contribution in [2.24, 2.45) is 5.92 Å². The molecule has 0 aliphatic carbocycles. The maximum Gasteiger partial charge on any atom is 0.220 e. The van der Waals surface area contributed by atoms with Gasteiger partial charge in [-0.05, 0) is 57.3 Å². The van der Waals surface area contributed by atoms with Crippen molar-refractivity contribution in [3.63, 3.8) is 0 Å². The molecule has 1 unspecified atom stereocenters. The average molecular weight is 363 g/mol. The van der Waals surface area contributed by atoms with Crippen LogP contribution in [-0.4, -0.2) is 50.2 Å². The maximum atomic E-state index is 12.0. The van der Waals surface area contributed by atoms with E-state index in [-0.39, 0.29) is 5.91 Å². The maximum absolute atomic E-state index is 12.0. The molecule has 1 aromatic rings. The SMILES string of the molecule is CCOc1ccccc1OCCCC(=O)NCC(C)CN1CCCCC1. The Morgan fingerprint density at radius 3 is 2.54 bits per heavy atom. The van der Waals surface area contributed by atoms with E-state index in [2.05, 4.69) is 17.1 Å². The molecule has 0 bridgehead atoms. The number of nitrogens with one attached hydrogen (secondary N) is 1. The molecule has 1 saturated heterocycles. The van der Waals surface area contributed by atoms with Crippen LogP contribution in [-0.2, 0) is 4.79 Å². The van der Waals surface area contributed by atoms with Gasteiger partial charge in [0.15, 0.2) is 11.5 Å². The second-order valence-electron chi connectivity index (χ2n) is 7.10. The Kier molecular flexibility index (Phi) is 9.32. The van der Waals surface area contributed by atoms with Crippen LogP contribution < -0.4 is 14.8 Å². The van der Waals surface area contributed by atoms with Crippen LogP contribution in [0.2, 0.25) is 0 Å². The number of carbonyl (C=O) groups is 1. The summed E-state index contributed by atoms with van der Waals surface area (Å²) < 4.78 is 11.3. The van der Waals surface area contributed by atoms with E-state index in [0.717, 1.165) is 24.6 Å². The highest BCUT2D eigenvalue weighted by atomic mass is 16.5. The van der Waals surface area contributed by atoms with Crippen LogP contribution in [0.4, 0.5) is 0 Å². The van der Waals surface area contributed by atoms with E-state index in [1.54, 1.807) is 0 Å². The molecular weight excluding hydrogens is 328 g/mol. The molecule has 1 N–H and O–H groups in total. The molecule has 146 valence electrons. The molecule has 1 aromatic carbocycles. The van der Waals surface area contributed by atoms with Gasteiger partial charge < -0.3 is 19.7 Å². The molecule has 0 radical (unpaired) electrons. The number of rotatable bonds is 11. The zero-order valence-corrected chi connectivity index (χ0v) is 16.3. The largest absolute Gasteiger partial charge is 0.490 e. The predicted octanol–water partition coefficient (Wildman–Crippen LogP) is 3.48. The van der Waals surface area contributed by atoms with E-state index in [4.69, 9.17) is 9.47 Å². The topological polar surface area (TPSA) is 50.8 Å². The fraction of sp³-hybridized carbons (Fsp3) is 0.667. The van der Waals surface area contributed by atoms with Crippen molar-refractivity contribution < 1.29 is 14.3 Å². The predicted molar refractivity (Wildman–Crippen MR) is 105 cm³/mol. The molecule has 26 heavy (non-hydrogen) atoms. The summed E-state index contributed by atoms with van der Waals surface area (Å²) in [5, 5.41) is 3.06. The zero-order chi connectivity index (χ0) is 18.6. The standard InChI is InChI=1S/C21H34N2O3/c1-3-25-19-10-5-6-11-20(19)26-15-9-12-21(24)22-16-18(2)17-23-13-7-4-8-14-23/h5-6,10-11,18H,3-4,7-9,12-17H2,1-2H3,(H,22,24). The highest BCUT2D eigenvalue weighted by Crippen LogP contribution is 2.26. The van der Waals surface area contributed by atoms with Crippen molar-refractivity contribution in [1.82, 2.24) is 10.2 Å². The minimum absolute atomic E-state index is 0.109. The minimum atomic E-state index is 0.109. The fourth-order valence-corrected chi connectivity index (χ4v) is 3.28. The van der Waals surface area contributed by atoms with Gasteiger partial charge in [0.25, 0.3) is 0 Å². The van der Waals surface area contributed by atoms with Crippen LogP contribution >= 0.6 is 0 Å². The molecule has 0 spiro atoms. The van der Waals surface area contributed by atoms with Crippen molar-refractivity contribution in [3.05, 3.63) is 24.3 Å². The quantitative estimate of drug-likeness (QED) is 0.612. The van der Waals surface area contributed by atoms with E-state index >= 15 is 0 Å². The van der Waals surface area contributed by atoms with Gasteiger partial charge in [-0.1, -0.05) is 25.5 Å². The number of hydrogen-bond acceptors (Lipinski definition) is 4. The lowest BCUT2D eigenvalue weighted by molar-refractivity contribution is -0.121. The number of amides is 1. The Balaban J connectivity index is 1.57. The lowest BCUT2D eigenvalue weighted by Crippen LogP contribution is -2.38. The van der Waals surface area contributed by atoms with Crippen molar-refractivity contribution in [1.29, 1.82) is 0 Å². The number of likely N-dealkylation sites (tertiary alicyclic amines) is 1. The fourth-order valence-electron chi connectivity index (χ4n) is 3.28. The molecule has 1 fully saturated rings. The molecule has 1 atom stereocenters. The van der Waals surface area contributed by atoms with Crippen molar-refractivity contribution in [2.45, 2.75) is 46.0 Å². The Morgan fingerprint density at radius 1 is 1.15 bits per heavy atom. The third-order valence-corrected chi connectivity index (χ3v) is 4.62. The number of benzene rings is 1. The first kappa shape index (κ1) is 20.6. The van der Waals surface area contributed by atoms with E-state index < -0.39 is 0 Å². The van der Waals surface area contributed by atoms with E-state index in [9.17, 15) is 4.79 Å². The van der Waals surface area contributed by atoms with E-state index in [1.807, 2.05) is 31.2 Å². The second-order valence-corrected chi connectivity index (χ2v) is 7.10. The highest BCUT2D eigenvalue weighted by molar-refractivity contribution is 5.75. The number of nitrogens with zero attached hydrogens (tertiary/aromatic N) is 1. The summed E-state index contributed by atoms with van der Waals surface area (Å²) in [6.07, 6.45) is 5.18. The third-order valence-electron chi connectivity index (χ3n) is 4.62. The van der Waals surface area contributed by atoms with Gasteiger partial charge in [0.05, 0.1) is 13.2 Å². The Morgan fingerprint density at radius 2 is 1.85 bits per heavy atom. The van der Waals surface area contributed by atoms with Crippen molar-refractivity contribution in [2.75, 3.05) is 39.4 Å². The number of carbonyl (C=O) groups excluding carboxylic acids is 1. The first-order valence-electron chi connectivity index (χ1n) is 10.0. The third kappa shape index (κ3) is 7.65. The lowest BCUT2D eigenvalue weighted by atomic mass is 10.1. The zero-order valence-electron chi connectivity index (χ0n) is 16.3. The first-order valence-corrected chi connectivity index (χ1v) is 10.0. The Labute approximate surface area is 158 Å². The minimum Gasteiger partial charge on any atom is -0.490 e. The van der Waals surface area contributed by atoms with Crippen LogP contribution in [0.15, 0.2) is 24.3 Å². The van der Waals surface area contributed by atoms with E-state index in [1.165, 1.54) is 32.4 Å². The van der Waals surface area contributed by atoms with Crippen LogP contribution in [0.5, 0.6) is 11.5 Å². The molecule has 1 aliphatic heterocycles. The van der Waals surface area contributed by atoms with E-state index in [0.29, 0.717) is 32.0 Å². The summed E-state index contributed by atoms with van der Waals surface area (Å²) >= 11 is 0. The molecular formula is C21H34N2O3. The Hall–Kier alpha value is -1.75. The summed E-state index contributed by atoms with van der Waals surface area (Å²) in [7, 11) is 0. The molecule has 5 heteroatoms. The van der Waals surface area contributed by atoms with Crippen molar-refractivity contribution >= 4 is 5.91 Å². The van der Waals surface area contributed by atoms with Gasteiger partial charge in [0, 0.05) is 19.5 Å². The normalized spacial score (nSPS) is 16.1. The molecule has 1 aliphatic rings. The summed E-state index contributed by atoms with van der Waals surface area (Å²) in [5.41, 5.74) is 0. The number of ether oxygens (including phenoxy) is 2. The molecule has 0 aromatic heterocycles. The van der Waals surface area contributed by atoms with Gasteiger partial charge >= 0.3 is 0 Å². The summed E-state index contributed by atoms with van der Waals surface area (Å²) in [6, 6.07) is 7.65. The van der Waals surface area contributed by atoms with Crippen LogP contribution in [0.3, 0.4) is 0 Å². The summed E-state index contributed by atoms with van der Waals surface area (Å²) in [5.74, 6) is 2.10. The summed E-state index contributed by atoms with van der Waals surface area (Å²) in [4.78, 5) is 14.5. The number of para-hydroxylation sites is 2. The lowest BCUT2D eigenvalue weighted by Gasteiger charge is -2.29. The average Bonchev–Trinajstić information content (AvgIpc) is 2.66. The highest BCUT2D eigenvalue weighted by Gasteiger charge is 2.14. The smallest absolute Gasteiger partial charge is 0.220 e. The molecule has 2 rings (SSSR count). The van der Waals surface area contributed by atoms with Gasteiger partial charge in [0.2, 0.25) is 5.91 Å². The summed E-state index contributed by atoms with van der Waals surface area (Å²) in [6.45, 7) is 9.54. The Bertz CT molecular complexity index is 530. The molecule has 5 nitrogen and oxygen atoms in total. The number of hydrogen-bond donors (Lipinski definition) is 1. The van der Waals surface area contributed by atoms with Gasteiger partial charge in [-0.2, -0.15) is 0 Å². The van der Waals surface area contributed by atoms with Crippen LogP contribution in [0, 0.1) is 5.92 Å². The first-order chi connectivity index (χ1) is 12.7. The van der Waals surface area contributed by atoms with Crippen LogP contribution in [0.1, 0.15) is 46.0 Å². The van der Waals surface area contributed by atoms with Gasteiger partial charge in [0.1, 0.15) is 0 Å². The second kappa shape index (κ2) is 11.8. The molecule has 0 saturated carbocycles. The van der Waals surface area contributed by atoms with Gasteiger partial charge in [-0.3, -0.25) is 4.79 Å². The molecule has 1 heterocycles. The van der Waals surface area contributed by atoms with Crippen molar-refractivity contribution in [3.8, 4) is 11.5 Å². The van der Waals surface area contributed by atoms with Crippen LogP contribution in [0.25, 0.3) is 0 Å². The molecule has 1 amide bonds.